The van der Waals surface area contributed by atoms with Crippen molar-refractivity contribution >= 4 is 17.2 Å². The van der Waals surface area contributed by atoms with Gasteiger partial charge in [-0.25, -0.2) is 0 Å². The highest BCUT2D eigenvalue weighted by Gasteiger charge is 2.20. The average Bonchev–Trinajstić information content (AvgIpc) is 2.83. The highest BCUT2D eigenvalue weighted by molar-refractivity contribution is 7.10. The van der Waals surface area contributed by atoms with Crippen molar-refractivity contribution < 1.29 is 4.79 Å². The molecule has 1 atom stereocenters. The fourth-order valence-electron chi connectivity index (χ4n) is 2.24. The summed E-state index contributed by atoms with van der Waals surface area (Å²) >= 11 is 1.66. The molecule has 0 bridgehead atoms. The first-order valence-electron chi connectivity index (χ1n) is 6.11. The molecule has 1 aliphatic carbocycles. The normalized spacial score (nSPS) is 19.3. The summed E-state index contributed by atoms with van der Waals surface area (Å²) in [6.45, 7) is 1.99. The van der Waals surface area contributed by atoms with Crippen LogP contribution >= 0.6 is 11.3 Å². The minimum absolute atomic E-state index is 0.00178. The van der Waals surface area contributed by atoms with Gasteiger partial charge in [0.15, 0.2) is 0 Å². The number of rotatable bonds is 3. The number of amides is 1. The number of nitrogens with one attached hydrogen (secondary N) is 1. The molecule has 1 aromatic rings. The lowest BCUT2D eigenvalue weighted by molar-refractivity contribution is -0.123. The first-order chi connectivity index (χ1) is 7.77. The number of carbonyl (C=O) groups excluding carboxylic acids is 1. The van der Waals surface area contributed by atoms with Crippen molar-refractivity contribution in [2.24, 2.45) is 0 Å². The van der Waals surface area contributed by atoms with Gasteiger partial charge < -0.3 is 5.32 Å². The predicted molar refractivity (Wildman–Crippen MR) is 67.7 cm³/mol. The van der Waals surface area contributed by atoms with E-state index in [2.05, 4.69) is 5.32 Å². The maximum atomic E-state index is 12.0. The second kappa shape index (κ2) is 5.48. The Labute approximate surface area is 101 Å². The zero-order valence-corrected chi connectivity index (χ0v) is 10.6. The molecule has 0 spiro atoms. The second-order valence-corrected chi connectivity index (χ2v) is 5.56. The molecule has 1 fully saturated rings. The van der Waals surface area contributed by atoms with Gasteiger partial charge in [0.25, 0.3) is 0 Å². The van der Waals surface area contributed by atoms with Crippen molar-refractivity contribution in [2.45, 2.75) is 51.0 Å². The molecule has 1 N–H and O–H groups in total. The van der Waals surface area contributed by atoms with Crippen LogP contribution in [-0.2, 0) is 4.79 Å². The van der Waals surface area contributed by atoms with E-state index in [0.717, 1.165) is 17.7 Å². The van der Waals surface area contributed by atoms with Crippen molar-refractivity contribution in [1.82, 2.24) is 5.32 Å². The minimum atomic E-state index is 0.00178. The average molecular weight is 237 g/mol. The Kier molecular flexibility index (Phi) is 3.99. The fourth-order valence-corrected chi connectivity index (χ4v) is 3.02. The lowest BCUT2D eigenvalue weighted by Gasteiger charge is -2.24. The van der Waals surface area contributed by atoms with Crippen molar-refractivity contribution in [2.75, 3.05) is 0 Å². The summed E-state index contributed by atoms with van der Waals surface area (Å²) in [5, 5.41) is 5.20. The summed E-state index contributed by atoms with van der Waals surface area (Å²) < 4.78 is 0. The third kappa shape index (κ3) is 2.85. The fraction of sp³-hybridized carbons (Fsp3) is 0.615. The van der Waals surface area contributed by atoms with Crippen LogP contribution in [0, 0.1) is 0 Å². The molecule has 1 aliphatic rings. The van der Waals surface area contributed by atoms with Gasteiger partial charge in [-0.3, -0.25) is 4.79 Å². The third-order valence-electron chi connectivity index (χ3n) is 3.31. The Hall–Kier alpha value is -0.830. The standard InChI is InChI=1S/C13H19NOS/c1-10(12-8-5-9-16-12)13(15)14-11-6-3-2-4-7-11/h5,8-11H,2-4,6-7H2,1H3,(H,14,15). The lowest BCUT2D eigenvalue weighted by atomic mass is 9.95. The van der Waals surface area contributed by atoms with Crippen LogP contribution in [0.2, 0.25) is 0 Å². The molecular weight excluding hydrogens is 218 g/mol. The topological polar surface area (TPSA) is 29.1 Å². The van der Waals surface area contributed by atoms with Crippen molar-refractivity contribution in [1.29, 1.82) is 0 Å². The van der Waals surface area contributed by atoms with E-state index < -0.39 is 0 Å². The Bertz CT molecular complexity index is 328. The summed E-state index contributed by atoms with van der Waals surface area (Å²) in [4.78, 5) is 13.2. The minimum Gasteiger partial charge on any atom is -0.353 e. The van der Waals surface area contributed by atoms with E-state index >= 15 is 0 Å². The first-order valence-corrected chi connectivity index (χ1v) is 6.99. The van der Waals surface area contributed by atoms with Gasteiger partial charge >= 0.3 is 0 Å². The van der Waals surface area contributed by atoms with Crippen LogP contribution in [0.1, 0.15) is 49.8 Å². The Balaban J connectivity index is 1.87. The van der Waals surface area contributed by atoms with E-state index in [9.17, 15) is 4.79 Å². The van der Waals surface area contributed by atoms with Crippen LogP contribution in [0.4, 0.5) is 0 Å². The molecule has 16 heavy (non-hydrogen) atoms. The molecule has 1 heterocycles. The Morgan fingerprint density at radius 2 is 2.19 bits per heavy atom. The highest BCUT2D eigenvalue weighted by Crippen LogP contribution is 2.22. The zero-order chi connectivity index (χ0) is 11.4. The van der Waals surface area contributed by atoms with Gasteiger partial charge in [-0.05, 0) is 31.2 Å². The van der Waals surface area contributed by atoms with Crippen LogP contribution in [-0.4, -0.2) is 11.9 Å². The van der Waals surface area contributed by atoms with Crippen LogP contribution < -0.4 is 5.32 Å². The van der Waals surface area contributed by atoms with E-state index in [1.807, 2.05) is 24.4 Å². The molecule has 0 radical (unpaired) electrons. The molecule has 1 saturated carbocycles. The van der Waals surface area contributed by atoms with E-state index in [0.29, 0.717) is 6.04 Å². The quantitative estimate of drug-likeness (QED) is 0.858. The summed E-state index contributed by atoms with van der Waals surface area (Å²) in [5.74, 6) is 0.191. The zero-order valence-electron chi connectivity index (χ0n) is 9.74. The van der Waals surface area contributed by atoms with Gasteiger partial charge in [-0.15, -0.1) is 11.3 Å². The van der Waals surface area contributed by atoms with Gasteiger partial charge in [0.05, 0.1) is 5.92 Å². The van der Waals surface area contributed by atoms with Crippen molar-refractivity contribution in [3.8, 4) is 0 Å². The number of carbonyl (C=O) groups is 1. The molecule has 2 rings (SSSR count). The maximum absolute atomic E-state index is 12.0. The molecule has 2 nitrogen and oxygen atoms in total. The molecule has 0 aromatic carbocycles. The molecule has 0 saturated heterocycles. The Morgan fingerprint density at radius 3 is 2.81 bits per heavy atom. The van der Waals surface area contributed by atoms with E-state index in [4.69, 9.17) is 0 Å². The number of thiophene rings is 1. The van der Waals surface area contributed by atoms with Crippen LogP contribution in [0.15, 0.2) is 17.5 Å². The second-order valence-electron chi connectivity index (χ2n) is 4.58. The largest absolute Gasteiger partial charge is 0.353 e. The van der Waals surface area contributed by atoms with Crippen molar-refractivity contribution in [3.63, 3.8) is 0 Å². The Morgan fingerprint density at radius 1 is 1.44 bits per heavy atom. The smallest absolute Gasteiger partial charge is 0.228 e. The molecule has 0 aliphatic heterocycles. The summed E-state index contributed by atoms with van der Waals surface area (Å²) in [7, 11) is 0. The molecular formula is C13H19NOS. The summed E-state index contributed by atoms with van der Waals surface area (Å²) in [6, 6.07) is 4.46. The highest BCUT2D eigenvalue weighted by atomic mass is 32.1. The summed E-state index contributed by atoms with van der Waals surface area (Å²) in [5.41, 5.74) is 0. The van der Waals surface area contributed by atoms with Crippen LogP contribution in [0.3, 0.4) is 0 Å². The van der Waals surface area contributed by atoms with E-state index in [1.54, 1.807) is 11.3 Å². The number of hydrogen-bond acceptors (Lipinski definition) is 2. The third-order valence-corrected chi connectivity index (χ3v) is 4.37. The van der Waals surface area contributed by atoms with Gasteiger partial charge in [0.2, 0.25) is 5.91 Å². The monoisotopic (exact) mass is 237 g/mol. The molecule has 1 aromatic heterocycles. The molecule has 1 unspecified atom stereocenters. The predicted octanol–water partition coefficient (Wildman–Crippen LogP) is 3.30. The van der Waals surface area contributed by atoms with Gasteiger partial charge in [0.1, 0.15) is 0 Å². The van der Waals surface area contributed by atoms with Gasteiger partial charge in [-0.2, -0.15) is 0 Å². The summed E-state index contributed by atoms with van der Waals surface area (Å²) in [6.07, 6.45) is 6.16. The van der Waals surface area contributed by atoms with Crippen LogP contribution in [0.25, 0.3) is 0 Å². The van der Waals surface area contributed by atoms with Gasteiger partial charge in [-0.1, -0.05) is 25.3 Å². The van der Waals surface area contributed by atoms with E-state index in [-0.39, 0.29) is 11.8 Å². The van der Waals surface area contributed by atoms with Gasteiger partial charge in [0, 0.05) is 10.9 Å². The maximum Gasteiger partial charge on any atom is 0.228 e. The van der Waals surface area contributed by atoms with Crippen molar-refractivity contribution in [3.05, 3.63) is 22.4 Å². The first kappa shape index (κ1) is 11.6. The molecule has 3 heteroatoms. The van der Waals surface area contributed by atoms with Crippen LogP contribution in [0.5, 0.6) is 0 Å². The lowest BCUT2D eigenvalue weighted by Crippen LogP contribution is -2.38. The number of hydrogen-bond donors (Lipinski definition) is 1. The molecule has 1 amide bonds. The van der Waals surface area contributed by atoms with E-state index in [1.165, 1.54) is 19.3 Å². The SMILES string of the molecule is CC(C(=O)NC1CCCCC1)c1cccs1. The molecule has 88 valence electrons.